The number of rotatable bonds is 2. The number of nitrogens with one attached hydrogen (secondary N) is 1. The Labute approximate surface area is 110 Å². The van der Waals surface area contributed by atoms with Crippen LogP contribution in [0.4, 0.5) is 0 Å². The van der Waals surface area contributed by atoms with Gasteiger partial charge < -0.3 is 5.32 Å². The van der Waals surface area contributed by atoms with Crippen LogP contribution in [0.25, 0.3) is 0 Å². The molecule has 0 amide bonds. The Bertz CT molecular complexity index is 255. The molecule has 1 aliphatic carbocycles. The van der Waals surface area contributed by atoms with Crippen molar-refractivity contribution in [3.05, 3.63) is 0 Å². The van der Waals surface area contributed by atoms with E-state index in [0.717, 1.165) is 0 Å². The fraction of sp³-hybridized carbons (Fsp3) is 0.929. The Morgan fingerprint density at radius 1 is 1.12 bits per heavy atom. The molecule has 1 saturated carbocycles. The summed E-state index contributed by atoms with van der Waals surface area (Å²) in [6.45, 7) is 4.57. The van der Waals surface area contributed by atoms with Crippen molar-refractivity contribution in [3.63, 3.8) is 0 Å². The van der Waals surface area contributed by atoms with E-state index in [4.69, 9.17) is 4.99 Å². The number of hydrogen-bond acceptors (Lipinski definition) is 3. The molecule has 2 nitrogen and oxygen atoms in total. The Morgan fingerprint density at radius 2 is 1.82 bits per heavy atom. The highest BCUT2D eigenvalue weighted by molar-refractivity contribution is 8.13. The molecular weight excluding hydrogens is 228 g/mol. The van der Waals surface area contributed by atoms with Gasteiger partial charge in [0.25, 0.3) is 0 Å². The highest BCUT2D eigenvalue weighted by Gasteiger charge is 2.20. The van der Waals surface area contributed by atoms with E-state index in [1.54, 1.807) is 0 Å². The molecule has 1 fully saturated rings. The number of nitrogens with zero attached hydrogens (tertiary/aromatic N) is 1. The van der Waals surface area contributed by atoms with E-state index in [2.05, 4.69) is 19.2 Å². The normalized spacial score (nSPS) is 27.7. The molecule has 2 rings (SSSR count). The first-order chi connectivity index (χ1) is 8.25. The minimum Gasteiger partial charge on any atom is -0.362 e. The van der Waals surface area contributed by atoms with Gasteiger partial charge in [-0.1, -0.05) is 51.3 Å². The van der Waals surface area contributed by atoms with Crippen LogP contribution in [0.3, 0.4) is 0 Å². The lowest BCUT2D eigenvalue weighted by molar-refractivity contribution is 0.477. The Balaban J connectivity index is 1.88. The second-order valence-corrected chi connectivity index (χ2v) is 6.80. The molecule has 17 heavy (non-hydrogen) atoms. The van der Waals surface area contributed by atoms with Gasteiger partial charge in [-0.2, -0.15) is 0 Å². The van der Waals surface area contributed by atoms with Crippen LogP contribution in [-0.2, 0) is 0 Å². The van der Waals surface area contributed by atoms with Gasteiger partial charge in [0.15, 0.2) is 5.17 Å². The maximum absolute atomic E-state index is 4.87. The van der Waals surface area contributed by atoms with Crippen LogP contribution in [-0.4, -0.2) is 23.0 Å². The van der Waals surface area contributed by atoms with Crippen molar-refractivity contribution in [2.75, 3.05) is 5.75 Å². The van der Waals surface area contributed by atoms with Crippen molar-refractivity contribution in [2.24, 2.45) is 10.9 Å². The molecule has 1 N–H and O–H groups in total. The van der Waals surface area contributed by atoms with Crippen LogP contribution < -0.4 is 5.32 Å². The number of hydrogen-bond donors (Lipinski definition) is 1. The monoisotopic (exact) mass is 254 g/mol. The third kappa shape index (κ3) is 4.20. The Kier molecular flexibility index (Phi) is 5.20. The van der Waals surface area contributed by atoms with Gasteiger partial charge in [-0.3, -0.25) is 4.99 Å². The molecule has 0 saturated heterocycles. The van der Waals surface area contributed by atoms with Gasteiger partial charge >= 0.3 is 0 Å². The molecule has 0 aromatic heterocycles. The number of aliphatic imine (C=N–C) groups is 1. The zero-order valence-electron chi connectivity index (χ0n) is 11.2. The minimum absolute atomic E-state index is 0.546. The van der Waals surface area contributed by atoms with Crippen LogP contribution in [0.1, 0.15) is 58.8 Å². The summed E-state index contributed by atoms with van der Waals surface area (Å²) < 4.78 is 0. The van der Waals surface area contributed by atoms with E-state index in [1.165, 1.54) is 55.9 Å². The number of amidine groups is 1. The lowest BCUT2D eigenvalue weighted by Crippen LogP contribution is -2.36. The maximum atomic E-state index is 4.87. The first kappa shape index (κ1) is 13.3. The van der Waals surface area contributed by atoms with E-state index in [0.29, 0.717) is 18.0 Å². The maximum Gasteiger partial charge on any atom is 0.157 e. The van der Waals surface area contributed by atoms with Crippen molar-refractivity contribution < 1.29 is 0 Å². The van der Waals surface area contributed by atoms with Crippen molar-refractivity contribution >= 4 is 16.9 Å². The third-order valence-corrected chi connectivity index (χ3v) is 4.82. The molecular formula is C14H26N2S. The molecule has 1 unspecified atom stereocenters. The lowest BCUT2D eigenvalue weighted by atomic mass is 10.0. The van der Waals surface area contributed by atoms with Crippen molar-refractivity contribution in [1.82, 2.24) is 5.32 Å². The van der Waals surface area contributed by atoms with Gasteiger partial charge in [0.1, 0.15) is 0 Å². The quantitative estimate of drug-likeness (QED) is 0.758. The fourth-order valence-electron chi connectivity index (χ4n) is 2.69. The molecule has 1 heterocycles. The zero-order valence-corrected chi connectivity index (χ0v) is 12.1. The molecule has 1 atom stereocenters. The predicted molar refractivity (Wildman–Crippen MR) is 77.8 cm³/mol. The second-order valence-electron chi connectivity index (χ2n) is 5.72. The molecule has 0 spiro atoms. The summed E-state index contributed by atoms with van der Waals surface area (Å²) in [7, 11) is 0. The molecule has 0 aromatic carbocycles. The third-order valence-electron chi connectivity index (χ3n) is 3.89. The fourth-order valence-corrected chi connectivity index (χ4v) is 3.70. The van der Waals surface area contributed by atoms with Gasteiger partial charge in [0, 0.05) is 11.8 Å². The minimum atomic E-state index is 0.546. The van der Waals surface area contributed by atoms with E-state index in [-0.39, 0.29) is 0 Å². The highest BCUT2D eigenvalue weighted by atomic mass is 32.2. The molecule has 0 aromatic rings. The standard InChI is InChI=1S/C14H26N2S/c1-11(2)13-9-10-17-14(16-13)15-12-7-5-3-4-6-8-12/h11-13H,3-10H2,1-2H3,(H,15,16). The second kappa shape index (κ2) is 6.67. The summed E-state index contributed by atoms with van der Waals surface area (Å²) >= 11 is 1.92. The molecule has 0 bridgehead atoms. The van der Waals surface area contributed by atoms with E-state index >= 15 is 0 Å². The van der Waals surface area contributed by atoms with Gasteiger partial charge in [0.2, 0.25) is 0 Å². The smallest absolute Gasteiger partial charge is 0.157 e. The summed E-state index contributed by atoms with van der Waals surface area (Å²) in [5.74, 6) is 1.92. The van der Waals surface area contributed by atoms with Gasteiger partial charge in [0.05, 0.1) is 6.04 Å². The molecule has 0 radical (unpaired) electrons. The topological polar surface area (TPSA) is 24.4 Å². The highest BCUT2D eigenvalue weighted by Crippen LogP contribution is 2.23. The van der Waals surface area contributed by atoms with Crippen LogP contribution in [0.5, 0.6) is 0 Å². The van der Waals surface area contributed by atoms with Gasteiger partial charge in [-0.15, -0.1) is 0 Å². The average molecular weight is 254 g/mol. The molecule has 3 heteroatoms. The van der Waals surface area contributed by atoms with Crippen LogP contribution in [0.2, 0.25) is 0 Å². The summed E-state index contributed by atoms with van der Waals surface area (Å²) in [5.41, 5.74) is 0. The van der Waals surface area contributed by atoms with Crippen LogP contribution >= 0.6 is 11.8 Å². The van der Waals surface area contributed by atoms with Crippen molar-refractivity contribution in [2.45, 2.75) is 70.9 Å². The SMILES string of the molecule is CC(C)C1CCSC(NC2CCCCCC2)=N1. The molecule has 2 aliphatic rings. The predicted octanol–water partition coefficient (Wildman–Crippen LogP) is 3.82. The first-order valence-electron chi connectivity index (χ1n) is 7.23. The summed E-state index contributed by atoms with van der Waals surface area (Å²) in [5, 5.41) is 4.92. The zero-order chi connectivity index (χ0) is 12.1. The molecule has 98 valence electrons. The largest absolute Gasteiger partial charge is 0.362 e. The van der Waals surface area contributed by atoms with E-state index < -0.39 is 0 Å². The summed E-state index contributed by atoms with van der Waals surface area (Å²) in [4.78, 5) is 4.87. The van der Waals surface area contributed by atoms with Crippen molar-refractivity contribution in [1.29, 1.82) is 0 Å². The van der Waals surface area contributed by atoms with Crippen molar-refractivity contribution in [3.8, 4) is 0 Å². The summed E-state index contributed by atoms with van der Waals surface area (Å²) in [6.07, 6.45) is 9.56. The van der Waals surface area contributed by atoms with Crippen LogP contribution in [0, 0.1) is 5.92 Å². The van der Waals surface area contributed by atoms with Crippen LogP contribution in [0.15, 0.2) is 4.99 Å². The van der Waals surface area contributed by atoms with E-state index in [1.807, 2.05) is 11.8 Å². The summed E-state index contributed by atoms with van der Waals surface area (Å²) in [6, 6.07) is 1.24. The Hall–Kier alpha value is -0.180. The molecule has 1 aliphatic heterocycles. The average Bonchev–Trinajstić information content (AvgIpc) is 2.58. The number of thioether (sulfide) groups is 1. The Morgan fingerprint density at radius 3 is 2.47 bits per heavy atom. The lowest BCUT2D eigenvalue weighted by Gasteiger charge is -2.26. The van der Waals surface area contributed by atoms with E-state index in [9.17, 15) is 0 Å². The van der Waals surface area contributed by atoms with Gasteiger partial charge in [-0.05, 0) is 25.2 Å². The first-order valence-corrected chi connectivity index (χ1v) is 8.21. The van der Waals surface area contributed by atoms with Gasteiger partial charge in [-0.25, -0.2) is 0 Å².